The van der Waals surface area contributed by atoms with E-state index in [2.05, 4.69) is 137 Å². The topological polar surface area (TPSA) is 129 Å². The predicted octanol–water partition coefficient (Wildman–Crippen LogP) is 24.9. The molecule has 2 atom stereocenters. The number of allylic oxidation sites excluding steroid dienone is 6. The van der Waals surface area contributed by atoms with Crippen LogP contribution in [-0.2, 0) is 49.4 Å². The lowest BCUT2D eigenvalue weighted by molar-refractivity contribution is 0.103. The maximum absolute atomic E-state index is 15.2. The lowest BCUT2D eigenvalue weighted by Crippen LogP contribution is -2.30. The minimum atomic E-state index is -1.19. The smallest absolute Gasteiger partial charge is 0.194 e. The average molecular weight is 1500 g/mol. The molecule has 0 fully saturated rings. The van der Waals surface area contributed by atoms with Crippen LogP contribution in [0, 0.1) is 68.6 Å². The van der Waals surface area contributed by atoms with Crippen LogP contribution in [0.4, 0.5) is 17.6 Å². The first kappa shape index (κ1) is 74.1. The Morgan fingerprint density at radius 2 is 0.685 bits per heavy atom. The maximum Gasteiger partial charge on any atom is 0.194 e. The van der Waals surface area contributed by atoms with Crippen molar-refractivity contribution in [2.45, 2.75) is 200 Å². The molecule has 0 bridgehead atoms. The number of rotatable bonds is 26. The molecule has 15 rings (SSSR count). The van der Waals surface area contributed by atoms with Crippen LogP contribution in [0.25, 0.3) is 32.0 Å². The van der Waals surface area contributed by atoms with Crippen LogP contribution in [0.3, 0.4) is 0 Å². The van der Waals surface area contributed by atoms with Crippen LogP contribution in [-0.4, -0.2) is 22.1 Å². The zero-order valence-electron chi connectivity index (χ0n) is 61.3. The second-order valence-corrected chi connectivity index (χ2v) is 34.4. The Kier molecular flexibility index (Phi) is 21.5. The van der Waals surface area contributed by atoms with Gasteiger partial charge in [-0.3, -0.25) is 9.59 Å². The van der Waals surface area contributed by atoms with Gasteiger partial charge in [-0.15, -0.1) is 46.2 Å². The SMILES string of the molecule is CCCCCCc1ccc(C2(c3ccc(CCCCCC)cc3)c3cc4c(cc3-c3sc5c(c32)SC(/C=C2\C(=O)c3cc(F)c(F)cc3C2=C(C#N)C#N)C5)C(c2ccc(CCCCCC)cc2)(c2ccc(CCCCCC)cc2)c2c-4sc3c2SC(/C=C2\C(=O)c4cc(F)c(F)cc4C2=C(C#N)C#N)C3)cc1. The second kappa shape index (κ2) is 31.3. The monoisotopic (exact) mass is 1500 g/mol. The van der Waals surface area contributed by atoms with Crippen molar-refractivity contribution in [2.24, 2.45) is 0 Å². The van der Waals surface area contributed by atoms with Gasteiger partial charge < -0.3 is 0 Å². The predicted molar refractivity (Wildman–Crippen MR) is 429 cm³/mol. The van der Waals surface area contributed by atoms with Crippen molar-refractivity contribution in [1.82, 2.24) is 0 Å². The summed E-state index contributed by atoms with van der Waals surface area (Å²) in [6.45, 7) is 8.93. The Morgan fingerprint density at radius 1 is 0.398 bits per heavy atom. The number of Topliss-reactive ketones (excluding diaryl/α,β-unsaturated/α-hetero) is 2. The maximum atomic E-state index is 15.2. The number of fused-ring (bicyclic) bond motifs is 12. The number of thioether (sulfide) groups is 2. The van der Waals surface area contributed by atoms with Gasteiger partial charge in [0.2, 0.25) is 0 Å². The minimum Gasteiger partial charge on any atom is -0.289 e. The molecule has 9 aromatic rings. The van der Waals surface area contributed by atoms with E-state index >= 15 is 17.6 Å². The van der Waals surface area contributed by atoms with E-state index in [0.29, 0.717) is 12.8 Å². The highest BCUT2D eigenvalue weighted by molar-refractivity contribution is 8.01. The lowest BCUT2D eigenvalue weighted by atomic mass is 9.65. The molecule has 0 amide bonds. The van der Waals surface area contributed by atoms with Crippen molar-refractivity contribution >= 4 is 68.9 Å². The van der Waals surface area contributed by atoms with Gasteiger partial charge in [-0.05, 0) is 178 Å². The van der Waals surface area contributed by atoms with Crippen LogP contribution in [0.2, 0.25) is 0 Å². The summed E-state index contributed by atoms with van der Waals surface area (Å²) >= 11 is 6.86. The highest BCUT2D eigenvalue weighted by Gasteiger charge is 2.56. The number of hydrogen-bond donors (Lipinski definition) is 0. The largest absolute Gasteiger partial charge is 0.289 e. The number of thiophene rings is 2. The molecule has 6 aliphatic rings. The van der Waals surface area contributed by atoms with E-state index in [9.17, 15) is 30.6 Å². The summed E-state index contributed by atoms with van der Waals surface area (Å²) in [6.07, 6.45) is 26.5. The van der Waals surface area contributed by atoms with E-state index in [0.717, 1.165) is 212 Å². The number of nitriles is 4. The lowest BCUT2D eigenvalue weighted by Gasteiger charge is -2.36. The van der Waals surface area contributed by atoms with Crippen LogP contribution in [0.1, 0.15) is 239 Å². The Labute approximate surface area is 647 Å². The number of benzene rings is 7. The Balaban J connectivity index is 0.971. The van der Waals surface area contributed by atoms with E-state index < -0.39 is 45.7 Å². The fourth-order valence-electron chi connectivity index (χ4n) is 17.7. The van der Waals surface area contributed by atoms with E-state index in [4.69, 9.17) is 0 Å². The van der Waals surface area contributed by atoms with Crippen LogP contribution < -0.4 is 0 Å². The number of aryl methyl sites for hydroxylation is 4. The second-order valence-electron chi connectivity index (χ2n) is 29.7. The number of nitrogens with zero attached hydrogens (tertiary/aromatic N) is 4. The summed E-state index contributed by atoms with van der Waals surface area (Å²) in [6, 6.07) is 53.8. The van der Waals surface area contributed by atoms with Gasteiger partial charge in [0.15, 0.2) is 34.8 Å². The summed E-state index contributed by atoms with van der Waals surface area (Å²) in [5, 5.41) is 40.9. The summed E-state index contributed by atoms with van der Waals surface area (Å²) in [5.74, 6) is -5.88. The molecular formula is C94H82F4N4O2S4. The van der Waals surface area contributed by atoms with Gasteiger partial charge in [-0.2, -0.15) is 21.0 Å². The molecule has 0 saturated heterocycles. The molecule has 14 heteroatoms. The number of ketones is 2. The number of carbonyl (C=O) groups is 2. The van der Waals surface area contributed by atoms with Crippen LogP contribution in [0.5, 0.6) is 0 Å². The summed E-state index contributed by atoms with van der Waals surface area (Å²) in [7, 11) is 0. The Hall–Kier alpha value is -9.38. The fraction of sp³-hybridized carbons (Fsp3) is 0.319. The zero-order valence-corrected chi connectivity index (χ0v) is 64.6. The van der Waals surface area contributed by atoms with E-state index in [1.54, 1.807) is 46.2 Å². The quantitative estimate of drug-likeness (QED) is 0.0227. The first-order chi connectivity index (χ1) is 52.7. The number of carbonyl (C=O) groups excluding carboxylic acids is 2. The Bertz CT molecular complexity index is 4950. The summed E-state index contributed by atoms with van der Waals surface area (Å²) < 4.78 is 60.6. The van der Waals surface area contributed by atoms with Crippen molar-refractivity contribution in [2.75, 3.05) is 0 Å². The van der Waals surface area contributed by atoms with Gasteiger partial charge in [-0.25, -0.2) is 17.6 Å². The van der Waals surface area contributed by atoms with Crippen molar-refractivity contribution in [3.8, 4) is 45.2 Å². The molecule has 2 aliphatic heterocycles. The summed E-state index contributed by atoms with van der Waals surface area (Å²) in [4.78, 5) is 36.0. The third-order valence-electron chi connectivity index (χ3n) is 23.0. The molecule has 542 valence electrons. The number of hydrogen-bond acceptors (Lipinski definition) is 10. The molecule has 2 unspecified atom stereocenters. The number of unbranched alkanes of at least 4 members (excludes halogenated alkanes) is 12. The van der Waals surface area contributed by atoms with Crippen molar-refractivity contribution in [1.29, 1.82) is 21.0 Å². The molecule has 6 nitrogen and oxygen atoms in total. The summed E-state index contributed by atoms with van der Waals surface area (Å²) in [5.41, 5.74) is 13.7. The van der Waals surface area contributed by atoms with Gasteiger partial charge in [0, 0.05) is 84.3 Å². The molecule has 0 N–H and O–H groups in total. The first-order valence-electron chi connectivity index (χ1n) is 38.5. The minimum absolute atomic E-state index is 0.0130. The van der Waals surface area contributed by atoms with Gasteiger partial charge in [0.1, 0.15) is 35.4 Å². The molecule has 2 aromatic heterocycles. The normalized spacial score (nSPS) is 17.1. The third kappa shape index (κ3) is 12.8. The molecule has 4 heterocycles. The van der Waals surface area contributed by atoms with Crippen LogP contribution >= 0.6 is 46.2 Å². The van der Waals surface area contributed by atoms with Gasteiger partial charge in [0.05, 0.1) is 10.8 Å². The molecule has 4 aliphatic carbocycles. The highest BCUT2D eigenvalue weighted by Crippen LogP contribution is 2.70. The van der Waals surface area contributed by atoms with E-state index in [1.165, 1.54) is 47.9 Å². The Morgan fingerprint density at radius 3 is 0.963 bits per heavy atom. The first-order valence-corrected chi connectivity index (χ1v) is 41.9. The zero-order chi connectivity index (χ0) is 75.1. The molecule has 0 saturated carbocycles. The van der Waals surface area contributed by atoms with Crippen molar-refractivity contribution in [3.05, 3.63) is 290 Å². The molecule has 108 heavy (non-hydrogen) atoms. The van der Waals surface area contributed by atoms with Gasteiger partial charge in [0.25, 0.3) is 0 Å². The third-order valence-corrected chi connectivity index (χ3v) is 28.4. The molecule has 0 spiro atoms. The van der Waals surface area contributed by atoms with Crippen molar-refractivity contribution in [3.63, 3.8) is 0 Å². The highest BCUT2D eigenvalue weighted by atomic mass is 32.2. The van der Waals surface area contributed by atoms with E-state index in [1.807, 2.05) is 36.4 Å². The average Bonchev–Trinajstić information content (AvgIpc) is 1.49. The van der Waals surface area contributed by atoms with Gasteiger partial charge >= 0.3 is 0 Å². The van der Waals surface area contributed by atoms with E-state index in [-0.39, 0.29) is 66.2 Å². The standard InChI is InChI=1S/C94H82F4N4O2S4/c1-5-9-13-17-21-55-25-33-61(34-26-55)93(62-35-27-56(28-36-62)22-18-14-10-6-2)75-45-72-76(46-71(75)89-85(93)91-81(107-89)43-65(105-91)41-73-83(59(51-99)52-100)67-47-77(95)79(97)49-69(67)87(73)103)94(63-37-29-57(30-38-63)23-19-15-11-7-3,64-39-31-58(32-40-64)24-20-16-12-8-4)86-90(72)108-82-44-66(106-92(82)86)42-74-84(60(53-101)54-102)68-48-78(96)80(98)50-70(68)88(74)104/h25-42,45-50,65-66H,5-24,43-44H2,1-4H3/b73-41-,74-42-. The van der Waals surface area contributed by atoms with Crippen LogP contribution in [0.15, 0.2) is 178 Å². The fourth-order valence-corrected chi connectivity index (χ4v) is 24.0. The molecule has 0 radical (unpaired) electrons. The van der Waals surface area contributed by atoms with Gasteiger partial charge in [-0.1, -0.05) is 214 Å². The molecular weight excluding hydrogens is 1420 g/mol. The van der Waals surface area contributed by atoms with Crippen molar-refractivity contribution < 1.29 is 27.2 Å². The number of halogens is 4. The molecule has 7 aromatic carbocycles.